The molecule has 0 aliphatic heterocycles. The molecule has 0 bridgehead atoms. The van der Waals surface area contributed by atoms with Crippen molar-refractivity contribution < 1.29 is 9.53 Å². The standard InChI is InChI=1S/C18H21NO2S/c1-2-3-7-14-10-11-17(22)16(12-14)19-18(20)21-13-15-8-5-4-6-9-15/h4-6,8-12,22H,2-3,7,13H2,1H3,(H,19,20). The number of ether oxygens (including phenoxy) is 1. The molecule has 0 atom stereocenters. The molecule has 2 aromatic rings. The number of nitrogens with one attached hydrogen (secondary N) is 1. The van der Waals surface area contributed by atoms with Crippen molar-refractivity contribution in [2.45, 2.75) is 37.7 Å². The molecular formula is C18H21NO2S. The molecule has 0 aromatic heterocycles. The van der Waals surface area contributed by atoms with Gasteiger partial charge in [-0.3, -0.25) is 5.32 Å². The van der Waals surface area contributed by atoms with E-state index in [0.29, 0.717) is 5.69 Å². The molecule has 0 heterocycles. The second-order valence-electron chi connectivity index (χ2n) is 5.14. The lowest BCUT2D eigenvalue weighted by Gasteiger charge is -2.11. The topological polar surface area (TPSA) is 38.3 Å². The maximum Gasteiger partial charge on any atom is 0.411 e. The first kappa shape index (κ1) is 16.4. The molecule has 0 saturated heterocycles. The molecule has 1 amide bonds. The molecule has 2 aromatic carbocycles. The Kier molecular flexibility index (Phi) is 6.34. The molecule has 2 rings (SSSR count). The fourth-order valence-corrected chi connectivity index (χ4v) is 2.28. The SMILES string of the molecule is CCCCc1ccc(S)c(NC(=O)OCc2ccccc2)c1. The van der Waals surface area contributed by atoms with Crippen LogP contribution in [0.5, 0.6) is 0 Å². The Labute approximate surface area is 137 Å². The number of hydrogen-bond donors (Lipinski definition) is 2. The summed E-state index contributed by atoms with van der Waals surface area (Å²) in [6.45, 7) is 2.41. The molecule has 1 N–H and O–H groups in total. The number of unbranched alkanes of at least 4 members (excludes halogenated alkanes) is 1. The smallest absolute Gasteiger partial charge is 0.411 e. The van der Waals surface area contributed by atoms with Gasteiger partial charge in [-0.25, -0.2) is 4.79 Å². The van der Waals surface area contributed by atoms with Gasteiger partial charge in [-0.05, 0) is 36.1 Å². The van der Waals surface area contributed by atoms with Gasteiger partial charge in [0.1, 0.15) is 6.61 Å². The third-order valence-corrected chi connectivity index (χ3v) is 3.72. The number of carbonyl (C=O) groups is 1. The number of carbonyl (C=O) groups excluding carboxylic acids is 1. The first-order chi connectivity index (χ1) is 10.7. The van der Waals surface area contributed by atoms with E-state index in [0.717, 1.165) is 29.7 Å². The lowest BCUT2D eigenvalue weighted by atomic mass is 10.1. The van der Waals surface area contributed by atoms with E-state index in [1.54, 1.807) is 0 Å². The summed E-state index contributed by atoms with van der Waals surface area (Å²) in [6, 6.07) is 15.5. The molecule has 0 aliphatic rings. The summed E-state index contributed by atoms with van der Waals surface area (Å²) in [7, 11) is 0. The van der Waals surface area contributed by atoms with Gasteiger partial charge in [0.2, 0.25) is 0 Å². The van der Waals surface area contributed by atoms with Crippen LogP contribution in [0.2, 0.25) is 0 Å². The zero-order valence-corrected chi connectivity index (χ0v) is 13.6. The molecule has 0 unspecified atom stereocenters. The number of aryl methyl sites for hydroxylation is 1. The summed E-state index contributed by atoms with van der Waals surface area (Å²) in [4.78, 5) is 12.6. The highest BCUT2D eigenvalue weighted by Crippen LogP contribution is 2.22. The maximum absolute atomic E-state index is 11.9. The fourth-order valence-electron chi connectivity index (χ4n) is 2.09. The Bertz CT molecular complexity index is 614. The van der Waals surface area contributed by atoms with E-state index in [2.05, 4.69) is 24.9 Å². The van der Waals surface area contributed by atoms with Gasteiger partial charge < -0.3 is 4.74 Å². The number of thiol groups is 1. The highest BCUT2D eigenvalue weighted by molar-refractivity contribution is 7.80. The minimum absolute atomic E-state index is 0.254. The van der Waals surface area contributed by atoms with Crippen LogP contribution < -0.4 is 5.32 Å². The third-order valence-electron chi connectivity index (χ3n) is 3.33. The van der Waals surface area contributed by atoms with Crippen molar-refractivity contribution in [2.24, 2.45) is 0 Å². The summed E-state index contributed by atoms with van der Waals surface area (Å²) in [5.41, 5.74) is 2.84. The molecule has 0 saturated carbocycles. The summed E-state index contributed by atoms with van der Waals surface area (Å²) in [5.74, 6) is 0. The van der Waals surface area contributed by atoms with Crippen LogP contribution in [0.4, 0.5) is 10.5 Å². The normalized spacial score (nSPS) is 10.3. The van der Waals surface area contributed by atoms with E-state index in [-0.39, 0.29) is 6.61 Å². The Morgan fingerprint density at radius 2 is 1.91 bits per heavy atom. The molecule has 22 heavy (non-hydrogen) atoms. The number of rotatable bonds is 6. The highest BCUT2D eigenvalue weighted by Gasteiger charge is 2.07. The predicted molar refractivity (Wildman–Crippen MR) is 92.6 cm³/mol. The summed E-state index contributed by atoms with van der Waals surface area (Å²) < 4.78 is 5.22. The number of hydrogen-bond acceptors (Lipinski definition) is 3. The van der Waals surface area contributed by atoms with E-state index in [4.69, 9.17) is 4.74 Å². The summed E-state index contributed by atoms with van der Waals surface area (Å²) in [6.07, 6.45) is 2.80. The van der Waals surface area contributed by atoms with Gasteiger partial charge in [-0.1, -0.05) is 49.7 Å². The van der Waals surface area contributed by atoms with Crippen molar-refractivity contribution in [2.75, 3.05) is 5.32 Å². The molecule has 116 valence electrons. The van der Waals surface area contributed by atoms with Crippen LogP contribution >= 0.6 is 12.6 Å². The Balaban J connectivity index is 1.92. The van der Waals surface area contributed by atoms with E-state index in [9.17, 15) is 4.79 Å². The van der Waals surface area contributed by atoms with Crippen LogP contribution in [0.3, 0.4) is 0 Å². The maximum atomic E-state index is 11.9. The molecule has 0 radical (unpaired) electrons. The van der Waals surface area contributed by atoms with Crippen molar-refractivity contribution in [3.8, 4) is 0 Å². The molecule has 0 aliphatic carbocycles. The minimum atomic E-state index is -0.466. The van der Waals surface area contributed by atoms with Gasteiger partial charge in [-0.2, -0.15) is 0 Å². The zero-order valence-electron chi connectivity index (χ0n) is 12.7. The largest absolute Gasteiger partial charge is 0.444 e. The van der Waals surface area contributed by atoms with Crippen LogP contribution in [0.15, 0.2) is 53.4 Å². The van der Waals surface area contributed by atoms with Crippen molar-refractivity contribution in [3.63, 3.8) is 0 Å². The number of amides is 1. The summed E-state index contributed by atoms with van der Waals surface area (Å²) in [5, 5.41) is 2.76. The second kappa shape index (κ2) is 8.49. The summed E-state index contributed by atoms with van der Waals surface area (Å²) >= 11 is 4.38. The predicted octanol–water partition coefficient (Wildman–Crippen LogP) is 5.07. The van der Waals surface area contributed by atoms with Crippen LogP contribution in [-0.4, -0.2) is 6.09 Å². The first-order valence-electron chi connectivity index (χ1n) is 7.48. The van der Waals surface area contributed by atoms with E-state index in [1.165, 1.54) is 5.56 Å². The van der Waals surface area contributed by atoms with Crippen molar-refractivity contribution in [1.82, 2.24) is 0 Å². The third kappa shape index (κ3) is 5.11. The van der Waals surface area contributed by atoms with Crippen molar-refractivity contribution in [1.29, 1.82) is 0 Å². The second-order valence-corrected chi connectivity index (χ2v) is 5.62. The molecular weight excluding hydrogens is 294 g/mol. The fraction of sp³-hybridized carbons (Fsp3) is 0.278. The lowest BCUT2D eigenvalue weighted by molar-refractivity contribution is 0.155. The Morgan fingerprint density at radius 1 is 1.14 bits per heavy atom. The minimum Gasteiger partial charge on any atom is -0.444 e. The van der Waals surface area contributed by atoms with E-state index >= 15 is 0 Å². The van der Waals surface area contributed by atoms with E-state index in [1.807, 2.05) is 48.5 Å². The van der Waals surface area contributed by atoms with Crippen molar-refractivity contribution >= 4 is 24.4 Å². The average Bonchev–Trinajstić information content (AvgIpc) is 2.54. The van der Waals surface area contributed by atoms with Gasteiger partial charge in [0.25, 0.3) is 0 Å². The molecule has 4 heteroatoms. The molecule has 0 fully saturated rings. The quantitative estimate of drug-likeness (QED) is 0.731. The molecule has 0 spiro atoms. The van der Waals surface area contributed by atoms with Gasteiger partial charge in [0.15, 0.2) is 0 Å². The highest BCUT2D eigenvalue weighted by atomic mass is 32.1. The van der Waals surface area contributed by atoms with Crippen LogP contribution in [0, 0.1) is 0 Å². The number of anilines is 1. The van der Waals surface area contributed by atoms with Crippen LogP contribution in [-0.2, 0) is 17.8 Å². The van der Waals surface area contributed by atoms with E-state index < -0.39 is 6.09 Å². The Hall–Kier alpha value is -1.94. The van der Waals surface area contributed by atoms with Gasteiger partial charge in [-0.15, -0.1) is 12.6 Å². The average molecular weight is 315 g/mol. The van der Waals surface area contributed by atoms with Crippen LogP contribution in [0.25, 0.3) is 0 Å². The zero-order chi connectivity index (χ0) is 15.8. The first-order valence-corrected chi connectivity index (χ1v) is 7.93. The Morgan fingerprint density at radius 3 is 2.64 bits per heavy atom. The van der Waals surface area contributed by atoms with Gasteiger partial charge in [0, 0.05) is 4.90 Å². The molecule has 3 nitrogen and oxygen atoms in total. The van der Waals surface area contributed by atoms with Gasteiger partial charge in [0.05, 0.1) is 5.69 Å². The van der Waals surface area contributed by atoms with Gasteiger partial charge >= 0.3 is 6.09 Å². The van der Waals surface area contributed by atoms with Crippen molar-refractivity contribution in [3.05, 3.63) is 59.7 Å². The number of benzene rings is 2. The van der Waals surface area contributed by atoms with Crippen LogP contribution in [0.1, 0.15) is 30.9 Å². The lowest BCUT2D eigenvalue weighted by Crippen LogP contribution is -2.14. The monoisotopic (exact) mass is 315 g/mol.